The molecule has 6 nitrogen and oxygen atoms in total. The minimum absolute atomic E-state index is 0. The average molecular weight is 215 g/mol. The summed E-state index contributed by atoms with van der Waals surface area (Å²) in [5.41, 5.74) is 0.136. The summed E-state index contributed by atoms with van der Waals surface area (Å²) in [4.78, 5) is 25.6. The second-order valence-corrected chi connectivity index (χ2v) is 2.54. The maximum absolute atomic E-state index is 10.8. The van der Waals surface area contributed by atoms with E-state index < -0.39 is 10.6 Å². The van der Waals surface area contributed by atoms with E-state index in [4.69, 9.17) is 0 Å². The Hall–Kier alpha value is -1.82. The predicted molar refractivity (Wildman–Crippen MR) is 45.6 cm³/mol. The Bertz CT molecular complexity index is 530. The molecule has 0 aliphatic carbocycles. The van der Waals surface area contributed by atoms with E-state index in [0.717, 1.165) is 0 Å². The maximum Gasteiger partial charge on any atom is 0.324 e. The highest BCUT2D eigenvalue weighted by Crippen LogP contribution is 2.19. The number of benzene rings is 1. The fourth-order valence-corrected chi connectivity index (χ4v) is 1.19. The van der Waals surface area contributed by atoms with Gasteiger partial charge in [-0.05, 0) is 6.07 Å². The standard InChI is InChI=1S/C7H5N3O3.ClH/c11-7-8-4-2-1-3-5(10(12)13)6(4)9-7;/h1-3H,(H2,8,9,11);1H/p-1. The van der Waals surface area contributed by atoms with Gasteiger partial charge in [-0.2, -0.15) is 0 Å². The van der Waals surface area contributed by atoms with Gasteiger partial charge in [0, 0.05) is 6.07 Å². The first-order chi connectivity index (χ1) is 6.18. The van der Waals surface area contributed by atoms with Gasteiger partial charge in [-0.1, -0.05) is 6.07 Å². The molecule has 74 valence electrons. The zero-order chi connectivity index (χ0) is 9.42. The monoisotopic (exact) mass is 214 g/mol. The largest absolute Gasteiger partial charge is 1.00 e. The van der Waals surface area contributed by atoms with Crippen molar-refractivity contribution in [2.24, 2.45) is 0 Å². The number of hydrogen-bond donors (Lipinski definition) is 2. The summed E-state index contributed by atoms with van der Waals surface area (Å²) in [5.74, 6) is 0. The van der Waals surface area contributed by atoms with Gasteiger partial charge >= 0.3 is 5.69 Å². The van der Waals surface area contributed by atoms with Crippen LogP contribution in [0.5, 0.6) is 0 Å². The number of nitrogens with one attached hydrogen (secondary N) is 2. The Balaban J connectivity index is 0.000000980. The number of nitro benzene ring substituents is 1. The molecule has 0 bridgehead atoms. The highest BCUT2D eigenvalue weighted by molar-refractivity contribution is 5.83. The predicted octanol–water partition coefficient (Wildman–Crippen LogP) is -2.23. The van der Waals surface area contributed by atoms with Gasteiger partial charge < -0.3 is 22.4 Å². The molecule has 0 radical (unpaired) electrons. The molecule has 2 N–H and O–H groups in total. The first-order valence-electron chi connectivity index (χ1n) is 3.54. The van der Waals surface area contributed by atoms with Crippen LogP contribution in [-0.2, 0) is 0 Å². The molecule has 0 atom stereocenters. The second kappa shape index (κ2) is 3.51. The molecule has 1 aromatic carbocycles. The smallest absolute Gasteiger partial charge is 0.324 e. The Morgan fingerprint density at radius 2 is 2.00 bits per heavy atom. The van der Waals surface area contributed by atoms with E-state index in [1.165, 1.54) is 12.1 Å². The van der Waals surface area contributed by atoms with Crippen LogP contribution in [0.1, 0.15) is 0 Å². The summed E-state index contributed by atoms with van der Waals surface area (Å²) < 4.78 is 0. The van der Waals surface area contributed by atoms with Crippen LogP contribution in [0.3, 0.4) is 0 Å². The van der Waals surface area contributed by atoms with Gasteiger partial charge in [0.15, 0.2) is 0 Å². The number of halogens is 1. The number of rotatable bonds is 1. The Morgan fingerprint density at radius 1 is 1.29 bits per heavy atom. The number of H-pyrrole nitrogens is 2. The van der Waals surface area contributed by atoms with E-state index >= 15 is 0 Å². The van der Waals surface area contributed by atoms with Crippen molar-refractivity contribution in [2.45, 2.75) is 0 Å². The molecule has 0 fully saturated rings. The molecule has 0 aliphatic rings. The number of aromatic nitrogens is 2. The molecule has 2 rings (SSSR count). The molecular weight excluding hydrogens is 210 g/mol. The second-order valence-electron chi connectivity index (χ2n) is 2.54. The minimum Gasteiger partial charge on any atom is -1.00 e. The Morgan fingerprint density at radius 3 is 2.64 bits per heavy atom. The van der Waals surface area contributed by atoms with Crippen molar-refractivity contribution in [3.8, 4) is 0 Å². The fraction of sp³-hybridized carbons (Fsp3) is 0. The lowest BCUT2D eigenvalue weighted by Gasteiger charge is -1.90. The molecule has 14 heavy (non-hydrogen) atoms. The topological polar surface area (TPSA) is 91.8 Å². The molecule has 1 heterocycles. The summed E-state index contributed by atoms with van der Waals surface area (Å²) in [5, 5.41) is 10.5. The molecule has 0 amide bonds. The normalized spacial score (nSPS) is 9.71. The summed E-state index contributed by atoms with van der Waals surface area (Å²) in [6.45, 7) is 0. The zero-order valence-corrected chi connectivity index (χ0v) is 7.54. The molecule has 7 heteroatoms. The van der Waals surface area contributed by atoms with E-state index in [-0.39, 0.29) is 23.6 Å². The maximum atomic E-state index is 10.8. The summed E-state index contributed by atoms with van der Waals surface area (Å²) in [7, 11) is 0. The number of imidazole rings is 1. The van der Waals surface area contributed by atoms with Gasteiger partial charge in [-0.3, -0.25) is 10.1 Å². The van der Waals surface area contributed by atoms with Crippen LogP contribution < -0.4 is 18.1 Å². The number of fused-ring (bicyclic) bond motifs is 1. The van der Waals surface area contributed by atoms with E-state index in [9.17, 15) is 14.9 Å². The summed E-state index contributed by atoms with van der Waals surface area (Å²) in [6, 6.07) is 4.45. The van der Waals surface area contributed by atoms with Crippen LogP contribution in [-0.4, -0.2) is 14.9 Å². The third kappa shape index (κ3) is 1.47. The van der Waals surface area contributed by atoms with Crippen molar-refractivity contribution in [3.05, 3.63) is 38.8 Å². The third-order valence-corrected chi connectivity index (χ3v) is 1.73. The van der Waals surface area contributed by atoms with Crippen molar-refractivity contribution in [3.63, 3.8) is 0 Å². The molecule has 0 aliphatic heterocycles. The van der Waals surface area contributed by atoms with Crippen LogP contribution in [0.25, 0.3) is 11.0 Å². The average Bonchev–Trinajstić information content (AvgIpc) is 2.43. The van der Waals surface area contributed by atoms with E-state index in [1.54, 1.807) is 6.07 Å². The van der Waals surface area contributed by atoms with E-state index in [1.807, 2.05) is 0 Å². The van der Waals surface area contributed by atoms with Crippen LogP contribution >= 0.6 is 0 Å². The lowest BCUT2D eigenvalue weighted by Crippen LogP contribution is -3.00. The Kier molecular flexibility index (Phi) is 2.57. The summed E-state index contributed by atoms with van der Waals surface area (Å²) >= 11 is 0. The number of aromatic amines is 2. The first-order valence-corrected chi connectivity index (χ1v) is 3.54. The van der Waals surface area contributed by atoms with Crippen molar-refractivity contribution in [1.29, 1.82) is 0 Å². The van der Waals surface area contributed by atoms with Gasteiger partial charge in [0.05, 0.1) is 10.4 Å². The molecule has 0 unspecified atom stereocenters. The number of hydrogen-bond acceptors (Lipinski definition) is 3. The molecule has 2 aromatic rings. The number of non-ortho nitro benzene ring substituents is 1. The van der Waals surface area contributed by atoms with Crippen LogP contribution in [0.15, 0.2) is 23.0 Å². The van der Waals surface area contributed by atoms with Crippen molar-refractivity contribution in [2.75, 3.05) is 0 Å². The first kappa shape index (κ1) is 10.3. The minimum atomic E-state index is -0.536. The van der Waals surface area contributed by atoms with E-state index in [2.05, 4.69) is 9.97 Å². The lowest BCUT2D eigenvalue weighted by atomic mass is 10.3. The van der Waals surface area contributed by atoms with Crippen molar-refractivity contribution < 1.29 is 17.3 Å². The molecule has 0 saturated carbocycles. The lowest BCUT2D eigenvalue weighted by molar-refractivity contribution is -0.383. The van der Waals surface area contributed by atoms with Crippen LogP contribution in [0, 0.1) is 10.1 Å². The van der Waals surface area contributed by atoms with Crippen molar-refractivity contribution in [1.82, 2.24) is 9.97 Å². The van der Waals surface area contributed by atoms with Gasteiger partial charge in [0.1, 0.15) is 5.52 Å². The highest BCUT2D eigenvalue weighted by atomic mass is 35.5. The van der Waals surface area contributed by atoms with Gasteiger partial charge in [-0.25, -0.2) is 4.79 Å². The SMILES string of the molecule is O=c1[nH]c2cccc([N+](=O)[O-])c2[nH]1.[Cl-]. The van der Waals surface area contributed by atoms with Crippen molar-refractivity contribution >= 4 is 16.7 Å². The molecular formula is C7H5ClN3O3-. The Labute approximate surface area is 83.5 Å². The summed E-state index contributed by atoms with van der Waals surface area (Å²) in [6.07, 6.45) is 0. The molecule has 0 saturated heterocycles. The van der Waals surface area contributed by atoms with Gasteiger partial charge in [0.25, 0.3) is 5.69 Å². The van der Waals surface area contributed by atoms with Crippen LogP contribution in [0.2, 0.25) is 0 Å². The van der Waals surface area contributed by atoms with Gasteiger partial charge in [-0.15, -0.1) is 0 Å². The zero-order valence-electron chi connectivity index (χ0n) is 6.78. The number of nitro groups is 1. The molecule has 0 spiro atoms. The van der Waals surface area contributed by atoms with E-state index in [0.29, 0.717) is 5.52 Å². The quantitative estimate of drug-likeness (QED) is 0.416. The highest BCUT2D eigenvalue weighted by Gasteiger charge is 2.12. The number of para-hydroxylation sites is 1. The van der Waals surface area contributed by atoms with Gasteiger partial charge in [0.2, 0.25) is 0 Å². The number of nitrogens with zero attached hydrogens (tertiary/aromatic N) is 1. The fourth-order valence-electron chi connectivity index (χ4n) is 1.19. The third-order valence-electron chi connectivity index (χ3n) is 1.73. The molecule has 1 aromatic heterocycles. The van der Waals surface area contributed by atoms with Crippen LogP contribution in [0.4, 0.5) is 5.69 Å².